The molecule has 0 saturated carbocycles. The minimum atomic E-state index is -1.82. The van der Waals surface area contributed by atoms with Gasteiger partial charge < -0.3 is 24.7 Å². The molecule has 0 atom stereocenters. The molecule has 0 rings (SSSR count). The van der Waals surface area contributed by atoms with E-state index in [9.17, 15) is 0 Å². The predicted octanol–water partition coefficient (Wildman–Crippen LogP) is -0.718. The van der Waals surface area contributed by atoms with Gasteiger partial charge in [0.2, 0.25) is 0 Å². The van der Waals surface area contributed by atoms with Crippen LogP contribution in [0.3, 0.4) is 0 Å². The highest BCUT2D eigenvalue weighted by Crippen LogP contribution is 1.80. The van der Waals surface area contributed by atoms with E-state index in [4.69, 9.17) is 24.5 Å². The SMILES string of the molecule is CN(C)CCOCCN(C)C.O=C(O)C(=O)O. The molecule has 0 aromatic rings. The van der Waals surface area contributed by atoms with Crippen molar-refractivity contribution in [3.05, 3.63) is 0 Å². The lowest BCUT2D eigenvalue weighted by molar-refractivity contribution is -0.159. The molecule has 0 aromatic carbocycles. The van der Waals surface area contributed by atoms with Gasteiger partial charge in [0, 0.05) is 13.1 Å². The number of carboxylic acid groups (broad SMARTS) is 2. The van der Waals surface area contributed by atoms with Gasteiger partial charge in [-0.05, 0) is 28.2 Å². The lowest BCUT2D eigenvalue weighted by Crippen LogP contribution is -2.22. The van der Waals surface area contributed by atoms with Crippen molar-refractivity contribution in [2.24, 2.45) is 0 Å². The maximum absolute atomic E-state index is 9.10. The van der Waals surface area contributed by atoms with Gasteiger partial charge in [0.25, 0.3) is 0 Å². The quantitative estimate of drug-likeness (QED) is 0.475. The van der Waals surface area contributed by atoms with Crippen LogP contribution in [0.5, 0.6) is 0 Å². The molecular formula is C10H22N2O5. The second-order valence-electron chi connectivity index (χ2n) is 3.83. The number of likely N-dealkylation sites (N-methyl/N-ethyl adjacent to an activating group) is 2. The summed E-state index contributed by atoms with van der Waals surface area (Å²) in [6.07, 6.45) is 0. The molecule has 17 heavy (non-hydrogen) atoms. The Balaban J connectivity index is 0. The highest BCUT2D eigenvalue weighted by molar-refractivity contribution is 6.27. The summed E-state index contributed by atoms with van der Waals surface area (Å²) in [5.74, 6) is -3.65. The Morgan fingerprint density at radius 1 is 0.882 bits per heavy atom. The van der Waals surface area contributed by atoms with Crippen molar-refractivity contribution in [3.63, 3.8) is 0 Å². The first kappa shape index (κ1) is 18.2. The summed E-state index contributed by atoms with van der Waals surface area (Å²) in [5, 5.41) is 14.8. The molecule has 0 spiro atoms. The van der Waals surface area contributed by atoms with E-state index in [1.165, 1.54) is 0 Å². The minimum Gasteiger partial charge on any atom is -0.473 e. The molecule has 0 fully saturated rings. The monoisotopic (exact) mass is 250 g/mol. The number of ether oxygens (including phenoxy) is 1. The van der Waals surface area contributed by atoms with Gasteiger partial charge in [-0.3, -0.25) is 0 Å². The first-order valence-corrected chi connectivity index (χ1v) is 5.10. The number of aliphatic carboxylic acids is 2. The van der Waals surface area contributed by atoms with Crippen molar-refractivity contribution >= 4 is 11.9 Å². The highest BCUT2D eigenvalue weighted by atomic mass is 16.5. The Labute approximate surface area is 102 Å². The minimum absolute atomic E-state index is 0.834. The zero-order chi connectivity index (χ0) is 13.8. The third-order valence-corrected chi connectivity index (χ3v) is 1.55. The first-order chi connectivity index (χ1) is 7.77. The smallest absolute Gasteiger partial charge is 0.414 e. The number of hydrogen-bond donors (Lipinski definition) is 2. The average molecular weight is 250 g/mol. The number of rotatable bonds is 6. The van der Waals surface area contributed by atoms with Crippen LogP contribution in [0, 0.1) is 0 Å². The predicted molar refractivity (Wildman–Crippen MR) is 63.2 cm³/mol. The molecule has 0 aromatic heterocycles. The summed E-state index contributed by atoms with van der Waals surface area (Å²) in [6.45, 7) is 3.68. The second-order valence-corrected chi connectivity index (χ2v) is 3.83. The molecule has 0 unspecified atom stereocenters. The van der Waals surface area contributed by atoms with Gasteiger partial charge in [0.05, 0.1) is 13.2 Å². The summed E-state index contributed by atoms with van der Waals surface area (Å²) in [6, 6.07) is 0. The van der Waals surface area contributed by atoms with Gasteiger partial charge in [-0.1, -0.05) is 0 Å². The number of carbonyl (C=O) groups is 2. The van der Waals surface area contributed by atoms with Crippen LogP contribution in [-0.2, 0) is 14.3 Å². The van der Waals surface area contributed by atoms with Crippen LogP contribution in [0.4, 0.5) is 0 Å². The third kappa shape index (κ3) is 20.8. The summed E-state index contributed by atoms with van der Waals surface area (Å²) < 4.78 is 5.37. The van der Waals surface area contributed by atoms with Crippen LogP contribution in [0.2, 0.25) is 0 Å². The fourth-order valence-corrected chi connectivity index (χ4v) is 0.596. The van der Waals surface area contributed by atoms with Crippen molar-refractivity contribution in [1.29, 1.82) is 0 Å². The van der Waals surface area contributed by atoms with Crippen LogP contribution >= 0.6 is 0 Å². The van der Waals surface area contributed by atoms with Gasteiger partial charge in [0.15, 0.2) is 0 Å². The van der Waals surface area contributed by atoms with Crippen molar-refractivity contribution in [3.8, 4) is 0 Å². The van der Waals surface area contributed by atoms with Crippen LogP contribution in [0.25, 0.3) is 0 Å². The number of nitrogens with zero attached hydrogens (tertiary/aromatic N) is 2. The summed E-state index contributed by atoms with van der Waals surface area (Å²) in [4.78, 5) is 22.4. The molecule has 0 radical (unpaired) electrons. The zero-order valence-electron chi connectivity index (χ0n) is 10.8. The van der Waals surface area contributed by atoms with Crippen molar-refractivity contribution in [1.82, 2.24) is 9.80 Å². The van der Waals surface area contributed by atoms with E-state index in [0.717, 1.165) is 26.3 Å². The molecule has 0 aliphatic rings. The molecule has 2 N–H and O–H groups in total. The van der Waals surface area contributed by atoms with Crippen LogP contribution in [0.1, 0.15) is 0 Å². The van der Waals surface area contributed by atoms with Gasteiger partial charge in [-0.25, -0.2) is 9.59 Å². The summed E-state index contributed by atoms with van der Waals surface area (Å²) >= 11 is 0. The maximum Gasteiger partial charge on any atom is 0.414 e. The van der Waals surface area contributed by atoms with Gasteiger partial charge in [-0.15, -0.1) is 0 Å². The van der Waals surface area contributed by atoms with E-state index in [1.807, 2.05) is 0 Å². The Bertz CT molecular complexity index is 197. The molecule has 0 amide bonds. The van der Waals surface area contributed by atoms with E-state index in [0.29, 0.717) is 0 Å². The molecule has 0 aliphatic carbocycles. The van der Waals surface area contributed by atoms with Crippen molar-refractivity contribution in [2.45, 2.75) is 0 Å². The molecule has 0 aliphatic heterocycles. The molecule has 0 saturated heterocycles. The highest BCUT2D eigenvalue weighted by Gasteiger charge is 2.04. The normalized spacial score (nSPS) is 10.0. The molecular weight excluding hydrogens is 228 g/mol. The maximum atomic E-state index is 9.10. The molecule has 0 heterocycles. The van der Waals surface area contributed by atoms with Gasteiger partial charge in [-0.2, -0.15) is 0 Å². The standard InChI is InChI=1S/C8H20N2O.C2H2O4/c1-9(2)5-7-11-8-6-10(3)4;3-1(4)2(5)6/h5-8H2,1-4H3;(H,3,4)(H,5,6). The lowest BCUT2D eigenvalue weighted by Gasteiger charge is -2.12. The van der Waals surface area contributed by atoms with Crippen LogP contribution < -0.4 is 0 Å². The molecule has 7 heteroatoms. The Morgan fingerprint density at radius 2 is 1.18 bits per heavy atom. The van der Waals surface area contributed by atoms with Gasteiger partial charge >= 0.3 is 11.9 Å². The molecule has 7 nitrogen and oxygen atoms in total. The summed E-state index contributed by atoms with van der Waals surface area (Å²) in [7, 11) is 8.20. The fourth-order valence-electron chi connectivity index (χ4n) is 0.596. The molecule has 102 valence electrons. The van der Waals surface area contributed by atoms with E-state index in [1.54, 1.807) is 0 Å². The van der Waals surface area contributed by atoms with Gasteiger partial charge in [0.1, 0.15) is 0 Å². The Hall–Kier alpha value is -1.18. The zero-order valence-corrected chi connectivity index (χ0v) is 10.8. The Kier molecular flexibility index (Phi) is 12.1. The average Bonchev–Trinajstić information content (AvgIpc) is 2.17. The van der Waals surface area contributed by atoms with Crippen LogP contribution in [-0.4, -0.2) is 86.4 Å². The van der Waals surface area contributed by atoms with Crippen molar-refractivity contribution in [2.75, 3.05) is 54.5 Å². The van der Waals surface area contributed by atoms with Crippen LogP contribution in [0.15, 0.2) is 0 Å². The first-order valence-electron chi connectivity index (χ1n) is 5.10. The van der Waals surface area contributed by atoms with E-state index in [2.05, 4.69) is 38.0 Å². The summed E-state index contributed by atoms with van der Waals surface area (Å²) in [5.41, 5.74) is 0. The van der Waals surface area contributed by atoms with E-state index < -0.39 is 11.9 Å². The Morgan fingerprint density at radius 3 is 1.35 bits per heavy atom. The second kappa shape index (κ2) is 11.3. The fraction of sp³-hybridized carbons (Fsp3) is 0.800. The third-order valence-electron chi connectivity index (χ3n) is 1.55. The lowest BCUT2D eigenvalue weighted by atomic mass is 10.6. The molecule has 0 bridgehead atoms. The van der Waals surface area contributed by atoms with E-state index >= 15 is 0 Å². The number of hydrogen-bond acceptors (Lipinski definition) is 5. The van der Waals surface area contributed by atoms with E-state index in [-0.39, 0.29) is 0 Å². The number of carboxylic acids is 2. The van der Waals surface area contributed by atoms with Crippen molar-refractivity contribution < 1.29 is 24.5 Å². The largest absolute Gasteiger partial charge is 0.473 e. The topological polar surface area (TPSA) is 90.3 Å².